The number of amides is 2. The summed E-state index contributed by atoms with van der Waals surface area (Å²) in [5.41, 5.74) is 5.47. The molecule has 2 heterocycles. The topological polar surface area (TPSA) is 112 Å². The number of piperidine rings is 1. The molecule has 0 spiro atoms. The zero-order chi connectivity index (χ0) is 24.9. The third kappa shape index (κ3) is 5.86. The lowest BCUT2D eigenvalue weighted by Crippen LogP contribution is -2.42. The van der Waals surface area contributed by atoms with E-state index in [0.29, 0.717) is 24.4 Å². The van der Waals surface area contributed by atoms with Gasteiger partial charge in [0.05, 0.1) is 11.4 Å². The highest BCUT2D eigenvalue weighted by atomic mass is 32.2. The second-order valence-corrected chi connectivity index (χ2v) is 10.5. The van der Waals surface area contributed by atoms with E-state index >= 15 is 0 Å². The number of carbonyl (C=O) groups is 2. The normalized spacial score (nSPS) is 17.0. The smallest absolute Gasteiger partial charge is 0.305 e. The van der Waals surface area contributed by atoms with Crippen LogP contribution < -0.4 is 10.9 Å². The number of furan rings is 1. The van der Waals surface area contributed by atoms with E-state index in [1.807, 2.05) is 20.8 Å². The van der Waals surface area contributed by atoms with Crippen LogP contribution in [0.3, 0.4) is 0 Å². The minimum Gasteiger partial charge on any atom is -0.454 e. The summed E-state index contributed by atoms with van der Waals surface area (Å²) in [5.74, 6) is -0.470. The Hall–Kier alpha value is -2.69. The first-order valence-electron chi connectivity index (χ1n) is 11.7. The molecular weight excluding hydrogens is 456 g/mol. The van der Waals surface area contributed by atoms with E-state index in [9.17, 15) is 18.0 Å². The summed E-state index contributed by atoms with van der Waals surface area (Å²) in [6.07, 6.45) is 2.63. The number of aryl methyl sites for hydroxylation is 1. The van der Waals surface area contributed by atoms with Crippen molar-refractivity contribution in [3.63, 3.8) is 0 Å². The van der Waals surface area contributed by atoms with E-state index < -0.39 is 21.8 Å². The Morgan fingerprint density at radius 3 is 2.47 bits per heavy atom. The number of benzene rings is 1. The molecule has 9 nitrogen and oxygen atoms in total. The van der Waals surface area contributed by atoms with E-state index in [-0.39, 0.29) is 22.3 Å². The van der Waals surface area contributed by atoms with Crippen molar-refractivity contribution in [3.8, 4) is 0 Å². The van der Waals surface area contributed by atoms with Gasteiger partial charge in [-0.05, 0) is 69.6 Å². The van der Waals surface area contributed by atoms with Crippen LogP contribution in [0.2, 0.25) is 0 Å². The fourth-order valence-corrected chi connectivity index (χ4v) is 5.79. The Morgan fingerprint density at radius 2 is 1.79 bits per heavy atom. The van der Waals surface area contributed by atoms with Gasteiger partial charge >= 0.3 is 5.91 Å². The van der Waals surface area contributed by atoms with Gasteiger partial charge in [0, 0.05) is 18.2 Å². The molecule has 0 radical (unpaired) electrons. The van der Waals surface area contributed by atoms with Gasteiger partial charge in [-0.25, -0.2) is 8.42 Å². The molecule has 1 atom stereocenters. The summed E-state index contributed by atoms with van der Waals surface area (Å²) < 4.78 is 33.4. The molecule has 2 amide bonds. The molecule has 1 unspecified atom stereocenters. The molecule has 3 rings (SSSR count). The van der Waals surface area contributed by atoms with Crippen LogP contribution in [0, 0.1) is 6.92 Å². The Morgan fingerprint density at radius 1 is 1.09 bits per heavy atom. The quantitative estimate of drug-likeness (QED) is 0.550. The zero-order valence-corrected chi connectivity index (χ0v) is 21.1. The maximum absolute atomic E-state index is 13.2. The molecule has 2 aromatic rings. The van der Waals surface area contributed by atoms with Crippen LogP contribution >= 0.6 is 0 Å². The number of hydrogen-bond donors (Lipinski definition) is 2. The van der Waals surface area contributed by atoms with Crippen LogP contribution in [0.25, 0.3) is 0 Å². The standard InChI is InChI=1S/C24H34N4O5S/c1-5-27(6-2)16-19-11-13-22(33-19)24(30)26-25-23(29)21-15-20(12-10-17(21)3)34(31,32)28-14-8-7-9-18(28)4/h10-13,15,18H,5-9,14,16H2,1-4H3,(H,25,29)(H,26,30). The molecule has 1 saturated heterocycles. The SMILES string of the molecule is CCN(CC)Cc1ccc(C(=O)NNC(=O)c2cc(S(=O)(=O)N3CCCCC3C)ccc2C)o1. The first-order valence-corrected chi connectivity index (χ1v) is 13.2. The van der Waals surface area contributed by atoms with E-state index in [0.717, 1.165) is 32.4 Å². The summed E-state index contributed by atoms with van der Waals surface area (Å²) in [6.45, 7) is 10.5. The van der Waals surface area contributed by atoms with Crippen molar-refractivity contribution in [1.82, 2.24) is 20.1 Å². The number of rotatable bonds is 8. The van der Waals surface area contributed by atoms with Gasteiger partial charge in [-0.15, -0.1) is 0 Å². The summed E-state index contributed by atoms with van der Waals surface area (Å²) in [4.78, 5) is 27.4. The number of nitrogens with one attached hydrogen (secondary N) is 2. The first-order chi connectivity index (χ1) is 16.2. The van der Waals surface area contributed by atoms with Crippen LogP contribution in [-0.4, -0.2) is 55.1 Å². The van der Waals surface area contributed by atoms with Gasteiger partial charge in [0.25, 0.3) is 5.91 Å². The third-order valence-electron chi connectivity index (χ3n) is 6.25. The highest BCUT2D eigenvalue weighted by Gasteiger charge is 2.31. The highest BCUT2D eigenvalue weighted by Crippen LogP contribution is 2.26. The molecule has 1 fully saturated rings. The molecule has 2 N–H and O–H groups in total. The molecule has 34 heavy (non-hydrogen) atoms. The summed E-state index contributed by atoms with van der Waals surface area (Å²) in [5, 5.41) is 0. The van der Waals surface area contributed by atoms with Crippen molar-refractivity contribution in [2.75, 3.05) is 19.6 Å². The number of hydrazine groups is 1. The number of carbonyl (C=O) groups excluding carboxylic acids is 2. The zero-order valence-electron chi connectivity index (χ0n) is 20.3. The van der Waals surface area contributed by atoms with Crippen LogP contribution in [0.15, 0.2) is 39.6 Å². The minimum atomic E-state index is -3.72. The minimum absolute atomic E-state index is 0.0652. The molecule has 1 aliphatic heterocycles. The Labute approximate surface area is 201 Å². The van der Waals surface area contributed by atoms with Gasteiger partial charge in [0.15, 0.2) is 5.76 Å². The maximum atomic E-state index is 13.2. The van der Waals surface area contributed by atoms with E-state index in [1.54, 1.807) is 25.1 Å². The number of nitrogens with zero attached hydrogens (tertiary/aromatic N) is 2. The van der Waals surface area contributed by atoms with Gasteiger partial charge in [-0.1, -0.05) is 26.3 Å². The van der Waals surface area contributed by atoms with Crippen molar-refractivity contribution in [2.24, 2.45) is 0 Å². The molecule has 0 bridgehead atoms. The van der Waals surface area contributed by atoms with Crippen LogP contribution in [0.4, 0.5) is 0 Å². The lowest BCUT2D eigenvalue weighted by Gasteiger charge is -2.32. The molecule has 0 saturated carbocycles. The summed E-state index contributed by atoms with van der Waals surface area (Å²) >= 11 is 0. The van der Waals surface area contributed by atoms with Crippen LogP contribution in [0.1, 0.15) is 72.3 Å². The fraction of sp³-hybridized carbons (Fsp3) is 0.500. The van der Waals surface area contributed by atoms with E-state index in [1.165, 1.54) is 16.4 Å². The Kier molecular flexibility index (Phi) is 8.51. The Balaban J connectivity index is 1.68. The molecule has 10 heteroatoms. The van der Waals surface area contributed by atoms with Gasteiger partial charge in [-0.2, -0.15) is 4.31 Å². The molecule has 186 valence electrons. The lowest BCUT2D eigenvalue weighted by atomic mass is 10.1. The summed E-state index contributed by atoms with van der Waals surface area (Å²) in [6, 6.07) is 7.68. The predicted molar refractivity (Wildman–Crippen MR) is 129 cm³/mol. The van der Waals surface area contributed by atoms with Gasteiger partial charge in [0.2, 0.25) is 10.0 Å². The van der Waals surface area contributed by atoms with Crippen LogP contribution in [-0.2, 0) is 16.6 Å². The van der Waals surface area contributed by atoms with Crippen molar-refractivity contribution in [1.29, 1.82) is 0 Å². The second kappa shape index (κ2) is 11.2. The monoisotopic (exact) mass is 490 g/mol. The van der Waals surface area contributed by atoms with Gasteiger partial charge < -0.3 is 4.42 Å². The fourth-order valence-electron chi connectivity index (χ4n) is 4.07. The van der Waals surface area contributed by atoms with Crippen LogP contribution in [0.5, 0.6) is 0 Å². The summed E-state index contributed by atoms with van der Waals surface area (Å²) in [7, 11) is -3.72. The molecule has 1 aliphatic rings. The average Bonchev–Trinajstić information content (AvgIpc) is 3.29. The van der Waals surface area contributed by atoms with Gasteiger partial charge in [0.1, 0.15) is 5.76 Å². The number of hydrogen-bond acceptors (Lipinski definition) is 6. The Bertz CT molecular complexity index is 1120. The van der Waals surface area contributed by atoms with Crippen molar-refractivity contribution in [3.05, 3.63) is 53.0 Å². The first kappa shape index (κ1) is 25.9. The third-order valence-corrected chi connectivity index (χ3v) is 8.26. The van der Waals surface area contributed by atoms with Crippen molar-refractivity contribution in [2.45, 2.75) is 64.4 Å². The predicted octanol–water partition coefficient (Wildman–Crippen LogP) is 3.07. The second-order valence-electron chi connectivity index (χ2n) is 8.57. The maximum Gasteiger partial charge on any atom is 0.305 e. The average molecular weight is 491 g/mol. The molecule has 1 aromatic carbocycles. The van der Waals surface area contributed by atoms with E-state index in [2.05, 4.69) is 15.8 Å². The number of sulfonamides is 1. The van der Waals surface area contributed by atoms with Crippen molar-refractivity contribution >= 4 is 21.8 Å². The van der Waals surface area contributed by atoms with Gasteiger partial charge in [-0.3, -0.25) is 25.3 Å². The molecule has 1 aromatic heterocycles. The lowest BCUT2D eigenvalue weighted by molar-refractivity contribution is 0.0828. The highest BCUT2D eigenvalue weighted by molar-refractivity contribution is 7.89. The molecular formula is C24H34N4O5S. The molecule has 0 aliphatic carbocycles. The largest absolute Gasteiger partial charge is 0.454 e. The van der Waals surface area contributed by atoms with Crippen molar-refractivity contribution < 1.29 is 22.4 Å². The van der Waals surface area contributed by atoms with E-state index in [4.69, 9.17) is 4.42 Å².